The number of rotatable bonds is 7. The lowest BCUT2D eigenvalue weighted by Crippen LogP contribution is -1.84. The van der Waals surface area contributed by atoms with Crippen LogP contribution in [0.15, 0.2) is 12.2 Å². The quantitative estimate of drug-likeness (QED) is 0.523. The van der Waals surface area contributed by atoms with Gasteiger partial charge in [-0.2, -0.15) is 0 Å². The highest BCUT2D eigenvalue weighted by molar-refractivity contribution is 5.41. The summed E-state index contributed by atoms with van der Waals surface area (Å²) in [5.41, 5.74) is 0. The van der Waals surface area contributed by atoms with Crippen molar-refractivity contribution < 1.29 is 0 Å². The molecule has 0 aliphatic heterocycles. The SMILES string of the molecule is CCCCCCC/C=C/[C]1[CH][CH][CH][CH]1. The number of allylic oxidation sites excluding steroid dienone is 2. The van der Waals surface area contributed by atoms with Gasteiger partial charge in [0.15, 0.2) is 0 Å². The van der Waals surface area contributed by atoms with E-state index in [0.717, 1.165) is 0 Å². The van der Waals surface area contributed by atoms with Gasteiger partial charge < -0.3 is 0 Å². The van der Waals surface area contributed by atoms with Crippen LogP contribution in [0.25, 0.3) is 0 Å². The summed E-state index contributed by atoms with van der Waals surface area (Å²) in [4.78, 5) is 0. The molecule has 0 N–H and O–H groups in total. The zero-order valence-corrected chi connectivity index (χ0v) is 9.21. The van der Waals surface area contributed by atoms with Crippen molar-refractivity contribution in [3.63, 3.8) is 0 Å². The van der Waals surface area contributed by atoms with Crippen LogP contribution in [0, 0.1) is 31.6 Å². The van der Waals surface area contributed by atoms with Gasteiger partial charge in [0.2, 0.25) is 0 Å². The van der Waals surface area contributed by atoms with Gasteiger partial charge in [-0.05, 0) is 38.5 Å². The average Bonchev–Trinajstić information content (AvgIpc) is 2.69. The second-order valence-corrected chi connectivity index (χ2v) is 3.82. The van der Waals surface area contributed by atoms with Crippen LogP contribution in [0.1, 0.15) is 45.4 Å². The fourth-order valence-electron chi connectivity index (χ4n) is 1.59. The standard InChI is InChI=1S/C14H21/c1-2-3-4-5-6-7-8-11-14-12-9-10-13-14/h8-13H,2-7H2,1H3/b11-8+. The maximum absolute atomic E-state index is 2.29. The first-order valence-corrected chi connectivity index (χ1v) is 5.81. The zero-order chi connectivity index (χ0) is 10.1. The third kappa shape index (κ3) is 5.47. The Morgan fingerprint density at radius 3 is 2.43 bits per heavy atom. The van der Waals surface area contributed by atoms with E-state index in [1.54, 1.807) is 0 Å². The molecule has 0 saturated heterocycles. The Kier molecular flexibility index (Phi) is 6.82. The smallest absolute Gasteiger partial charge is 0.00467 e. The molecule has 0 aromatic rings. The minimum Gasteiger partial charge on any atom is -0.0879 e. The van der Waals surface area contributed by atoms with Gasteiger partial charge >= 0.3 is 0 Å². The largest absolute Gasteiger partial charge is 0.0879 e. The number of hydrogen-bond acceptors (Lipinski definition) is 0. The minimum absolute atomic E-state index is 1.23. The van der Waals surface area contributed by atoms with E-state index in [-0.39, 0.29) is 0 Å². The molecule has 14 heavy (non-hydrogen) atoms. The molecule has 0 spiro atoms. The minimum atomic E-state index is 1.23. The molecular formula is C14H21. The fraction of sp³-hybridized carbons (Fsp3) is 0.500. The summed E-state index contributed by atoms with van der Waals surface area (Å²) in [5.74, 6) is 1.33. The van der Waals surface area contributed by atoms with E-state index in [0.29, 0.717) is 0 Å². The molecule has 0 heteroatoms. The van der Waals surface area contributed by atoms with Crippen molar-refractivity contribution in [2.75, 3.05) is 0 Å². The number of unbranched alkanes of at least 4 members (excludes halogenated alkanes) is 5. The van der Waals surface area contributed by atoms with Gasteiger partial charge in [0.1, 0.15) is 0 Å². The highest BCUT2D eigenvalue weighted by Gasteiger charge is 2.12. The van der Waals surface area contributed by atoms with Gasteiger partial charge in [0.05, 0.1) is 0 Å². The van der Waals surface area contributed by atoms with E-state index in [2.05, 4.69) is 44.8 Å². The molecule has 1 saturated carbocycles. The van der Waals surface area contributed by atoms with E-state index < -0.39 is 0 Å². The van der Waals surface area contributed by atoms with Crippen LogP contribution in [-0.2, 0) is 0 Å². The van der Waals surface area contributed by atoms with Crippen molar-refractivity contribution in [2.24, 2.45) is 0 Å². The predicted octanol–water partition coefficient (Wildman–Crippen LogP) is 4.31. The summed E-state index contributed by atoms with van der Waals surface area (Å²) >= 11 is 0. The molecule has 1 rings (SSSR count). The van der Waals surface area contributed by atoms with E-state index >= 15 is 0 Å². The lowest BCUT2D eigenvalue weighted by atomic mass is 10.1. The van der Waals surface area contributed by atoms with Crippen molar-refractivity contribution >= 4 is 0 Å². The maximum atomic E-state index is 2.29. The average molecular weight is 189 g/mol. The normalized spacial score (nSPS) is 18.4. The van der Waals surface area contributed by atoms with Crippen molar-refractivity contribution in [3.05, 3.63) is 43.8 Å². The molecule has 0 nitrogen and oxygen atoms in total. The van der Waals surface area contributed by atoms with Gasteiger partial charge in [0.25, 0.3) is 0 Å². The molecule has 0 aromatic heterocycles. The van der Waals surface area contributed by atoms with Crippen LogP contribution < -0.4 is 0 Å². The third-order valence-electron chi connectivity index (χ3n) is 2.47. The maximum Gasteiger partial charge on any atom is 0.00467 e. The highest BCUT2D eigenvalue weighted by Crippen LogP contribution is 2.24. The van der Waals surface area contributed by atoms with E-state index in [1.165, 1.54) is 44.4 Å². The highest BCUT2D eigenvalue weighted by atomic mass is 14.2. The van der Waals surface area contributed by atoms with E-state index in [9.17, 15) is 0 Å². The van der Waals surface area contributed by atoms with E-state index in [4.69, 9.17) is 0 Å². The van der Waals surface area contributed by atoms with Gasteiger partial charge in [0, 0.05) is 5.92 Å². The van der Waals surface area contributed by atoms with Crippen molar-refractivity contribution in [1.82, 2.24) is 0 Å². The van der Waals surface area contributed by atoms with Crippen molar-refractivity contribution in [1.29, 1.82) is 0 Å². The first-order valence-electron chi connectivity index (χ1n) is 5.81. The monoisotopic (exact) mass is 189 g/mol. The molecule has 1 aliphatic rings. The molecule has 1 aliphatic carbocycles. The third-order valence-corrected chi connectivity index (χ3v) is 2.47. The van der Waals surface area contributed by atoms with Gasteiger partial charge in [-0.1, -0.05) is 44.8 Å². The molecule has 0 bridgehead atoms. The van der Waals surface area contributed by atoms with Gasteiger partial charge in [-0.25, -0.2) is 0 Å². The molecule has 1 fully saturated rings. The molecular weight excluding hydrogens is 168 g/mol. The molecule has 0 heterocycles. The summed E-state index contributed by atoms with van der Waals surface area (Å²) in [6.45, 7) is 2.26. The Bertz CT molecular complexity index is 140. The van der Waals surface area contributed by atoms with E-state index in [1.807, 2.05) is 0 Å². The van der Waals surface area contributed by atoms with Crippen LogP contribution >= 0.6 is 0 Å². The second kappa shape index (κ2) is 8.08. The topological polar surface area (TPSA) is 0 Å². The Morgan fingerprint density at radius 2 is 1.71 bits per heavy atom. The lowest BCUT2D eigenvalue weighted by molar-refractivity contribution is 0.637. The molecule has 0 atom stereocenters. The first kappa shape index (κ1) is 11.8. The summed E-state index contributed by atoms with van der Waals surface area (Å²) in [6, 6.07) is 0. The zero-order valence-electron chi connectivity index (χ0n) is 9.21. The van der Waals surface area contributed by atoms with Crippen LogP contribution in [-0.4, -0.2) is 0 Å². The Hall–Kier alpha value is -0.260. The number of hydrogen-bond donors (Lipinski definition) is 0. The Labute approximate surface area is 89.8 Å². The van der Waals surface area contributed by atoms with Gasteiger partial charge in [-0.3, -0.25) is 0 Å². The van der Waals surface area contributed by atoms with Crippen LogP contribution in [0.3, 0.4) is 0 Å². The van der Waals surface area contributed by atoms with Gasteiger partial charge in [-0.15, -0.1) is 0 Å². The van der Waals surface area contributed by atoms with Crippen molar-refractivity contribution in [2.45, 2.75) is 45.4 Å². The van der Waals surface area contributed by atoms with Crippen LogP contribution in [0.5, 0.6) is 0 Å². The molecule has 0 aromatic carbocycles. The van der Waals surface area contributed by atoms with Crippen molar-refractivity contribution in [3.8, 4) is 0 Å². The summed E-state index contributed by atoms with van der Waals surface area (Å²) in [6.07, 6.45) is 21.1. The Morgan fingerprint density at radius 1 is 1.00 bits per heavy atom. The predicted molar refractivity (Wildman–Crippen MR) is 63.0 cm³/mol. The Balaban J connectivity index is 1.87. The summed E-state index contributed by atoms with van der Waals surface area (Å²) in [7, 11) is 0. The summed E-state index contributed by atoms with van der Waals surface area (Å²) < 4.78 is 0. The molecule has 0 unspecified atom stereocenters. The van der Waals surface area contributed by atoms with Crippen LogP contribution in [0.2, 0.25) is 0 Å². The lowest BCUT2D eigenvalue weighted by Gasteiger charge is -1.99. The second-order valence-electron chi connectivity index (χ2n) is 3.82. The molecule has 0 amide bonds. The fourth-order valence-corrected chi connectivity index (χ4v) is 1.59. The molecule has 5 radical (unpaired) electrons. The summed E-state index contributed by atoms with van der Waals surface area (Å²) in [5, 5.41) is 0. The van der Waals surface area contributed by atoms with Crippen LogP contribution in [0.4, 0.5) is 0 Å². The molecule has 77 valence electrons. The first-order chi connectivity index (χ1) is 6.93.